The van der Waals surface area contributed by atoms with Gasteiger partial charge in [0, 0.05) is 26.2 Å². The summed E-state index contributed by atoms with van der Waals surface area (Å²) in [5.41, 5.74) is 2.42. The van der Waals surface area contributed by atoms with Crippen LogP contribution >= 0.6 is 12.6 Å². The Morgan fingerprint density at radius 1 is 1.10 bits per heavy atom. The van der Waals surface area contributed by atoms with Crippen molar-refractivity contribution >= 4 is 34.7 Å². The molecule has 0 radical (unpaired) electrons. The molecule has 3 aromatic heterocycles. The Morgan fingerprint density at radius 2 is 1.90 bits per heavy atom. The Balaban J connectivity index is 1.72. The lowest BCUT2D eigenvalue weighted by Gasteiger charge is -2.36. The number of fused-ring (bicyclic) bond motifs is 2. The lowest BCUT2D eigenvalue weighted by atomic mass is 10.2. The summed E-state index contributed by atoms with van der Waals surface area (Å²) in [6.07, 6.45) is 3.04. The normalized spacial score (nSPS) is 16.6. The van der Waals surface area contributed by atoms with Gasteiger partial charge >= 0.3 is 0 Å². The third-order valence-corrected chi connectivity index (χ3v) is 5.77. The molecule has 29 heavy (non-hydrogen) atoms. The molecule has 0 bridgehead atoms. The summed E-state index contributed by atoms with van der Waals surface area (Å²) in [6, 6.07) is 7.39. The summed E-state index contributed by atoms with van der Waals surface area (Å²) in [6.45, 7) is 3.19. The number of aromatic amines is 1. The minimum absolute atomic E-state index is 0.0958. The molecule has 0 spiro atoms. The third kappa shape index (κ3) is 3.04. The maximum Gasteiger partial charge on any atom is 0.280 e. The van der Waals surface area contributed by atoms with Crippen LogP contribution < -0.4 is 10.6 Å². The number of piperazine rings is 1. The maximum atomic E-state index is 13.5. The molecule has 1 fully saturated rings. The Hall–Kier alpha value is -2.98. The highest BCUT2D eigenvalue weighted by molar-refractivity contribution is 7.80. The second-order valence-corrected chi connectivity index (χ2v) is 7.64. The van der Waals surface area contributed by atoms with E-state index in [9.17, 15) is 4.79 Å². The van der Waals surface area contributed by atoms with Crippen LogP contribution in [0.5, 0.6) is 0 Å². The van der Waals surface area contributed by atoms with Crippen LogP contribution in [0, 0.1) is 0 Å². The molecule has 9 nitrogen and oxygen atoms in total. The van der Waals surface area contributed by atoms with E-state index in [1.807, 2.05) is 29.3 Å². The highest BCUT2D eigenvalue weighted by Crippen LogP contribution is 2.29. The molecule has 1 saturated heterocycles. The zero-order valence-electron chi connectivity index (χ0n) is 15.9. The molecule has 1 aromatic carbocycles. The lowest BCUT2D eigenvalue weighted by molar-refractivity contribution is 0.283. The van der Waals surface area contributed by atoms with E-state index in [-0.39, 0.29) is 5.56 Å². The van der Waals surface area contributed by atoms with Crippen molar-refractivity contribution < 1.29 is 0 Å². The number of imidazole rings is 1. The molecule has 148 valence electrons. The van der Waals surface area contributed by atoms with Gasteiger partial charge in [0.25, 0.3) is 5.56 Å². The van der Waals surface area contributed by atoms with Crippen LogP contribution in [0.1, 0.15) is 16.8 Å². The lowest BCUT2D eigenvalue weighted by Crippen LogP contribution is -2.54. The minimum Gasteiger partial charge on any atom is -0.329 e. The fourth-order valence-corrected chi connectivity index (χ4v) is 4.05. The number of para-hydroxylation sites is 1. The van der Waals surface area contributed by atoms with E-state index < -0.39 is 5.25 Å². The summed E-state index contributed by atoms with van der Waals surface area (Å²) in [5.74, 6) is 0.532. The number of hydrogen-bond donors (Lipinski definition) is 2. The maximum absolute atomic E-state index is 13.5. The number of H-pyrrole nitrogens is 1. The van der Waals surface area contributed by atoms with Crippen molar-refractivity contribution in [2.24, 2.45) is 0 Å². The number of likely N-dealkylation sites (N-methyl/N-ethyl adjacent to an activating group) is 1. The molecular formula is C19H20N8OS. The van der Waals surface area contributed by atoms with Crippen LogP contribution in [-0.4, -0.2) is 67.7 Å². The van der Waals surface area contributed by atoms with Crippen molar-refractivity contribution in [3.8, 4) is 0 Å². The summed E-state index contributed by atoms with van der Waals surface area (Å²) >= 11 is 4.84. The number of nitrogens with zero attached hydrogens (tertiary/aromatic N) is 7. The number of benzene rings is 1. The molecule has 4 heterocycles. The van der Waals surface area contributed by atoms with Gasteiger partial charge in [0.2, 0.25) is 0 Å². The fourth-order valence-electron chi connectivity index (χ4n) is 3.69. The molecule has 0 saturated carbocycles. The van der Waals surface area contributed by atoms with E-state index >= 15 is 0 Å². The van der Waals surface area contributed by atoms with Gasteiger partial charge in [-0.3, -0.25) is 4.79 Å². The van der Waals surface area contributed by atoms with Crippen LogP contribution in [0.3, 0.4) is 0 Å². The van der Waals surface area contributed by atoms with Crippen LogP contribution in [0.15, 0.2) is 41.7 Å². The molecule has 1 aliphatic heterocycles. The first-order chi connectivity index (χ1) is 14.1. The molecule has 4 aromatic rings. The summed E-state index contributed by atoms with van der Waals surface area (Å²) in [7, 11) is 2.08. The quantitative estimate of drug-likeness (QED) is 0.488. The van der Waals surface area contributed by atoms with E-state index in [1.54, 1.807) is 11.0 Å². The van der Waals surface area contributed by atoms with Crippen molar-refractivity contribution in [3.63, 3.8) is 0 Å². The molecular weight excluding hydrogens is 388 g/mol. The van der Waals surface area contributed by atoms with Gasteiger partial charge in [0.05, 0.1) is 22.9 Å². The Labute approximate surface area is 171 Å². The van der Waals surface area contributed by atoms with Gasteiger partial charge < -0.3 is 14.9 Å². The number of nitrogens with one attached hydrogen (secondary N) is 1. The first kappa shape index (κ1) is 18.1. The van der Waals surface area contributed by atoms with Crippen molar-refractivity contribution in [1.82, 2.24) is 34.5 Å². The molecule has 1 unspecified atom stereocenters. The number of thiol groups is 1. The highest BCUT2D eigenvalue weighted by atomic mass is 32.1. The zero-order valence-corrected chi connectivity index (χ0v) is 16.8. The first-order valence-corrected chi connectivity index (χ1v) is 9.92. The SMILES string of the molecule is CN1CCN(n2c(C(S)c3ncnc4[nH]cnc34)nc3ccccc3c2=O)CC1. The average Bonchev–Trinajstić information content (AvgIpc) is 3.23. The second kappa shape index (κ2) is 7.12. The van der Waals surface area contributed by atoms with Crippen molar-refractivity contribution in [3.05, 3.63) is 58.8 Å². The van der Waals surface area contributed by atoms with Crippen molar-refractivity contribution in [1.29, 1.82) is 0 Å². The van der Waals surface area contributed by atoms with Gasteiger partial charge in [-0.1, -0.05) is 12.1 Å². The van der Waals surface area contributed by atoms with Gasteiger partial charge in [-0.25, -0.2) is 24.6 Å². The largest absolute Gasteiger partial charge is 0.329 e. The van der Waals surface area contributed by atoms with E-state index in [0.717, 1.165) is 26.2 Å². The molecule has 0 amide bonds. The smallest absolute Gasteiger partial charge is 0.280 e. The number of aromatic nitrogens is 6. The Bertz CT molecular complexity index is 1240. The molecule has 0 aliphatic carbocycles. The molecule has 1 aliphatic rings. The van der Waals surface area contributed by atoms with Crippen LogP contribution in [-0.2, 0) is 0 Å². The second-order valence-electron chi connectivity index (χ2n) is 7.12. The van der Waals surface area contributed by atoms with Crippen molar-refractivity contribution in [2.45, 2.75) is 5.25 Å². The molecule has 1 atom stereocenters. The van der Waals surface area contributed by atoms with E-state index in [2.05, 4.69) is 31.9 Å². The zero-order chi connectivity index (χ0) is 20.0. The molecule has 5 rings (SSSR count). The van der Waals surface area contributed by atoms with Gasteiger partial charge in [-0.15, -0.1) is 0 Å². The number of rotatable bonds is 3. The molecule has 10 heteroatoms. The van der Waals surface area contributed by atoms with Gasteiger partial charge in [-0.05, 0) is 19.2 Å². The molecule has 1 N–H and O–H groups in total. The summed E-state index contributed by atoms with van der Waals surface area (Å²) in [5, 5.41) is 2.09. The summed E-state index contributed by atoms with van der Waals surface area (Å²) in [4.78, 5) is 36.5. The van der Waals surface area contributed by atoms with E-state index in [4.69, 9.17) is 17.6 Å². The van der Waals surface area contributed by atoms with Crippen LogP contribution in [0.25, 0.3) is 22.1 Å². The average molecular weight is 408 g/mol. The topological polar surface area (TPSA) is 95.8 Å². The predicted molar refractivity (Wildman–Crippen MR) is 114 cm³/mol. The number of hydrogen-bond acceptors (Lipinski definition) is 8. The van der Waals surface area contributed by atoms with E-state index in [0.29, 0.717) is 33.6 Å². The van der Waals surface area contributed by atoms with Gasteiger partial charge in [-0.2, -0.15) is 12.6 Å². The summed E-state index contributed by atoms with van der Waals surface area (Å²) < 4.78 is 1.67. The highest BCUT2D eigenvalue weighted by Gasteiger charge is 2.27. The third-order valence-electron chi connectivity index (χ3n) is 5.29. The monoisotopic (exact) mass is 408 g/mol. The standard InChI is InChI=1S/C19H20N8OS/c1-25-6-8-26(9-7-25)27-18(24-13-5-3-2-4-12(13)19(27)28)16(29)14-15-17(22-10-20-14)23-11-21-15/h2-5,10-11,16,29H,6-9H2,1H3,(H,20,21,22,23). The van der Waals surface area contributed by atoms with Gasteiger partial charge in [0.15, 0.2) is 11.5 Å². The van der Waals surface area contributed by atoms with Gasteiger partial charge in [0.1, 0.15) is 17.1 Å². The van der Waals surface area contributed by atoms with E-state index in [1.165, 1.54) is 6.33 Å². The first-order valence-electron chi connectivity index (χ1n) is 9.41. The Morgan fingerprint density at radius 3 is 2.72 bits per heavy atom. The van der Waals surface area contributed by atoms with Crippen LogP contribution in [0.2, 0.25) is 0 Å². The Kier molecular flexibility index (Phi) is 4.44. The predicted octanol–water partition coefficient (Wildman–Crippen LogP) is 0.965. The van der Waals surface area contributed by atoms with Crippen molar-refractivity contribution in [2.75, 3.05) is 38.2 Å². The van der Waals surface area contributed by atoms with Crippen LogP contribution in [0.4, 0.5) is 0 Å². The minimum atomic E-state index is -0.541. The fraction of sp³-hybridized carbons (Fsp3) is 0.316.